The summed E-state index contributed by atoms with van der Waals surface area (Å²) in [5, 5.41) is 0. The van der Waals surface area contributed by atoms with E-state index in [1.165, 1.54) is 44.9 Å². The van der Waals surface area contributed by atoms with Crippen molar-refractivity contribution in [1.82, 2.24) is 9.97 Å². The van der Waals surface area contributed by atoms with Gasteiger partial charge in [0.25, 0.3) is 0 Å². The lowest BCUT2D eigenvalue weighted by atomic mass is 9.85. The molecule has 0 bridgehead atoms. The van der Waals surface area contributed by atoms with Crippen molar-refractivity contribution < 1.29 is 4.74 Å². The Bertz CT molecular complexity index is 499. The summed E-state index contributed by atoms with van der Waals surface area (Å²) in [6, 6.07) is 0. The minimum absolute atomic E-state index is 0.0205. The van der Waals surface area contributed by atoms with Crippen LogP contribution in [0, 0.1) is 9.49 Å². The highest BCUT2D eigenvalue weighted by Gasteiger charge is 2.33. The summed E-state index contributed by atoms with van der Waals surface area (Å²) in [4.78, 5) is 9.44. The van der Waals surface area contributed by atoms with E-state index in [4.69, 9.17) is 15.5 Å². The van der Waals surface area contributed by atoms with Crippen molar-refractivity contribution in [3.63, 3.8) is 0 Å². The van der Waals surface area contributed by atoms with E-state index in [2.05, 4.69) is 27.6 Å². The van der Waals surface area contributed by atoms with Gasteiger partial charge in [-0.25, -0.2) is 9.97 Å². The number of aromatic nitrogens is 2. The molecule has 2 saturated carbocycles. The molecule has 4 nitrogen and oxygen atoms in total. The Morgan fingerprint density at radius 2 is 1.90 bits per heavy atom. The summed E-state index contributed by atoms with van der Waals surface area (Å²) in [5.41, 5.74) is 7.29. The molecule has 0 saturated heterocycles. The van der Waals surface area contributed by atoms with Crippen molar-refractivity contribution >= 4 is 28.4 Å². The average molecular weight is 401 g/mol. The zero-order chi connectivity index (χ0) is 14.8. The van der Waals surface area contributed by atoms with Gasteiger partial charge in [-0.05, 0) is 61.1 Å². The third-order valence-electron chi connectivity index (χ3n) is 4.56. The van der Waals surface area contributed by atoms with E-state index in [1.807, 2.05) is 6.92 Å². The molecule has 1 heterocycles. The fourth-order valence-corrected chi connectivity index (χ4v) is 3.98. The normalized spacial score (nSPS) is 21.4. The number of nitrogens with two attached hydrogens (primary N) is 1. The Balaban J connectivity index is 1.90. The lowest BCUT2D eigenvalue weighted by molar-refractivity contribution is -0.000249. The summed E-state index contributed by atoms with van der Waals surface area (Å²) < 4.78 is 7.07. The van der Waals surface area contributed by atoms with Gasteiger partial charge in [0.05, 0.1) is 9.26 Å². The summed E-state index contributed by atoms with van der Waals surface area (Å²) in [6.07, 6.45) is 8.86. The number of nitrogens with zero attached hydrogens (tertiary/aromatic N) is 2. The van der Waals surface area contributed by atoms with Crippen LogP contribution in [-0.4, -0.2) is 16.6 Å². The monoisotopic (exact) mass is 401 g/mol. The van der Waals surface area contributed by atoms with Crippen LogP contribution in [0.3, 0.4) is 0 Å². The van der Waals surface area contributed by atoms with Crippen molar-refractivity contribution in [2.75, 3.05) is 12.3 Å². The molecule has 0 radical (unpaired) electrons. The van der Waals surface area contributed by atoms with Gasteiger partial charge in [0.2, 0.25) is 0 Å². The van der Waals surface area contributed by atoms with Gasteiger partial charge < -0.3 is 10.5 Å². The molecule has 0 aromatic carbocycles. The third-order valence-corrected chi connectivity index (χ3v) is 5.67. The van der Waals surface area contributed by atoms with Gasteiger partial charge in [-0.3, -0.25) is 0 Å². The fourth-order valence-electron chi connectivity index (χ4n) is 3.29. The first-order valence-electron chi connectivity index (χ1n) is 8.15. The first-order chi connectivity index (χ1) is 10.2. The van der Waals surface area contributed by atoms with Crippen molar-refractivity contribution in [2.45, 2.75) is 63.9 Å². The predicted octanol–water partition coefficient (Wildman–Crippen LogP) is 4.20. The molecule has 3 rings (SSSR count). The Hall–Kier alpha value is -0.430. The zero-order valence-corrected chi connectivity index (χ0v) is 14.8. The number of rotatable bonds is 5. The van der Waals surface area contributed by atoms with Crippen molar-refractivity contribution in [1.29, 1.82) is 0 Å². The van der Waals surface area contributed by atoms with E-state index in [-0.39, 0.29) is 6.10 Å². The fraction of sp³-hybridized carbons (Fsp3) is 0.750. The van der Waals surface area contributed by atoms with E-state index in [0.29, 0.717) is 24.3 Å². The van der Waals surface area contributed by atoms with Gasteiger partial charge >= 0.3 is 0 Å². The van der Waals surface area contributed by atoms with Crippen molar-refractivity contribution in [3.05, 3.63) is 15.1 Å². The molecule has 2 aliphatic rings. The summed E-state index contributed by atoms with van der Waals surface area (Å²) in [7, 11) is 0. The first kappa shape index (κ1) is 15.5. The standard InChI is InChI=1S/C16H24IN3O/c1-2-21-14(11-6-4-3-5-7-11)16-19-13(10-8-9-10)12(17)15(18)20-16/h10-11,14H,2-9H2,1H3,(H2,18,19,20). The summed E-state index contributed by atoms with van der Waals surface area (Å²) in [5.74, 6) is 2.59. The predicted molar refractivity (Wildman–Crippen MR) is 92.1 cm³/mol. The van der Waals surface area contributed by atoms with E-state index < -0.39 is 0 Å². The molecule has 1 unspecified atom stereocenters. The Kier molecular flexibility index (Phi) is 4.99. The van der Waals surface area contributed by atoms with E-state index in [9.17, 15) is 0 Å². The molecule has 1 atom stereocenters. The quantitative estimate of drug-likeness (QED) is 0.752. The Morgan fingerprint density at radius 3 is 2.52 bits per heavy atom. The van der Waals surface area contributed by atoms with E-state index in [1.54, 1.807) is 0 Å². The van der Waals surface area contributed by atoms with E-state index >= 15 is 0 Å². The lowest BCUT2D eigenvalue weighted by Crippen LogP contribution is -2.22. The molecule has 0 spiro atoms. The molecule has 1 aromatic rings. The lowest BCUT2D eigenvalue weighted by Gasteiger charge is -2.29. The SMILES string of the molecule is CCOC(c1nc(N)c(I)c(C2CC2)n1)C1CCCCC1. The topological polar surface area (TPSA) is 61.0 Å². The summed E-state index contributed by atoms with van der Waals surface area (Å²) in [6.45, 7) is 2.75. The van der Waals surface area contributed by atoms with Crippen LogP contribution in [0.4, 0.5) is 5.82 Å². The van der Waals surface area contributed by atoms with Crippen LogP contribution in [0.15, 0.2) is 0 Å². The maximum Gasteiger partial charge on any atom is 0.160 e. The largest absolute Gasteiger partial charge is 0.383 e. The highest BCUT2D eigenvalue weighted by atomic mass is 127. The Labute approximate surface area is 140 Å². The van der Waals surface area contributed by atoms with Crippen LogP contribution in [0.2, 0.25) is 0 Å². The van der Waals surface area contributed by atoms with Crippen LogP contribution in [0.1, 0.15) is 75.4 Å². The first-order valence-corrected chi connectivity index (χ1v) is 9.23. The maximum absolute atomic E-state index is 6.14. The van der Waals surface area contributed by atoms with Crippen LogP contribution in [0.25, 0.3) is 0 Å². The van der Waals surface area contributed by atoms with Gasteiger partial charge in [-0.2, -0.15) is 0 Å². The van der Waals surface area contributed by atoms with Crippen LogP contribution in [-0.2, 0) is 4.74 Å². The number of ether oxygens (including phenoxy) is 1. The third kappa shape index (κ3) is 3.50. The highest BCUT2D eigenvalue weighted by molar-refractivity contribution is 14.1. The molecule has 2 aliphatic carbocycles. The summed E-state index contributed by atoms with van der Waals surface area (Å²) >= 11 is 2.29. The molecule has 5 heteroatoms. The van der Waals surface area contributed by atoms with Gasteiger partial charge in [0.15, 0.2) is 5.82 Å². The molecular weight excluding hydrogens is 377 g/mol. The molecule has 0 amide bonds. The maximum atomic E-state index is 6.14. The second kappa shape index (κ2) is 6.77. The van der Waals surface area contributed by atoms with Crippen molar-refractivity contribution in [2.24, 2.45) is 5.92 Å². The number of anilines is 1. The molecule has 2 fully saturated rings. The second-order valence-corrected chi connectivity index (χ2v) is 7.29. The van der Waals surface area contributed by atoms with Gasteiger partial charge in [0, 0.05) is 12.5 Å². The molecule has 21 heavy (non-hydrogen) atoms. The highest BCUT2D eigenvalue weighted by Crippen LogP contribution is 2.43. The average Bonchev–Trinajstić information content (AvgIpc) is 3.33. The molecular formula is C16H24IN3O. The molecule has 116 valence electrons. The van der Waals surface area contributed by atoms with Crippen LogP contribution >= 0.6 is 22.6 Å². The number of hydrogen-bond acceptors (Lipinski definition) is 4. The number of hydrogen-bond donors (Lipinski definition) is 1. The number of halogens is 1. The second-order valence-electron chi connectivity index (χ2n) is 6.21. The molecule has 2 N–H and O–H groups in total. The van der Waals surface area contributed by atoms with Crippen LogP contribution in [0.5, 0.6) is 0 Å². The minimum Gasteiger partial charge on any atom is -0.383 e. The number of nitrogen functional groups attached to an aromatic ring is 1. The van der Waals surface area contributed by atoms with Crippen molar-refractivity contribution in [3.8, 4) is 0 Å². The molecule has 1 aromatic heterocycles. The van der Waals surface area contributed by atoms with Gasteiger partial charge in [0.1, 0.15) is 11.9 Å². The van der Waals surface area contributed by atoms with Gasteiger partial charge in [-0.15, -0.1) is 0 Å². The molecule has 0 aliphatic heterocycles. The zero-order valence-electron chi connectivity index (χ0n) is 12.6. The smallest absolute Gasteiger partial charge is 0.160 e. The van der Waals surface area contributed by atoms with E-state index in [0.717, 1.165) is 15.1 Å². The minimum atomic E-state index is 0.0205. The van der Waals surface area contributed by atoms with Gasteiger partial charge in [-0.1, -0.05) is 19.3 Å². The Morgan fingerprint density at radius 1 is 1.19 bits per heavy atom. The van der Waals surface area contributed by atoms with Crippen LogP contribution < -0.4 is 5.73 Å².